The van der Waals surface area contributed by atoms with Crippen molar-refractivity contribution in [3.05, 3.63) is 100 Å². The Labute approximate surface area is 169 Å². The highest BCUT2D eigenvalue weighted by Crippen LogP contribution is 2.20. The largest absolute Gasteiger partial charge is 0.351 e. The molecule has 3 heterocycles. The highest BCUT2D eigenvalue weighted by molar-refractivity contribution is 5.91. The van der Waals surface area contributed by atoms with Crippen LogP contribution in [0.3, 0.4) is 0 Å². The lowest BCUT2D eigenvalue weighted by Crippen LogP contribution is -2.30. The van der Waals surface area contributed by atoms with Gasteiger partial charge in [-0.1, -0.05) is 17.3 Å². The van der Waals surface area contributed by atoms with Crippen LogP contribution in [0.4, 0.5) is 4.39 Å². The quantitative estimate of drug-likeness (QED) is 0.510. The normalized spacial score (nSPS) is 11.8. The van der Waals surface area contributed by atoms with Gasteiger partial charge >= 0.3 is 0 Å². The second kappa shape index (κ2) is 8.48. The first-order chi connectivity index (χ1) is 14.6. The summed E-state index contributed by atoms with van der Waals surface area (Å²) in [6, 6.07) is 11.4. The molecule has 0 aliphatic carbocycles. The number of hydrogen-bond donors (Lipinski definition) is 2. The molecule has 150 valence electrons. The number of aromatic nitrogens is 4. The van der Waals surface area contributed by atoms with Crippen LogP contribution in [0.2, 0.25) is 0 Å². The molecule has 9 heteroatoms. The molecule has 0 unspecified atom stereocenters. The van der Waals surface area contributed by atoms with Crippen molar-refractivity contribution in [1.29, 1.82) is 0 Å². The molecule has 1 aromatic carbocycles. The second-order valence-corrected chi connectivity index (χ2v) is 6.48. The van der Waals surface area contributed by atoms with E-state index >= 15 is 0 Å². The summed E-state index contributed by atoms with van der Waals surface area (Å²) in [5.74, 6) is -0.452. The lowest BCUT2D eigenvalue weighted by atomic mass is 10.0. The van der Waals surface area contributed by atoms with Gasteiger partial charge in [-0.05, 0) is 29.8 Å². The van der Waals surface area contributed by atoms with Gasteiger partial charge in [0.25, 0.3) is 11.5 Å². The van der Waals surface area contributed by atoms with Gasteiger partial charge in [-0.25, -0.2) is 9.37 Å². The molecule has 2 N–H and O–H groups in total. The van der Waals surface area contributed by atoms with Crippen LogP contribution >= 0.6 is 0 Å². The summed E-state index contributed by atoms with van der Waals surface area (Å²) < 4.78 is 18.3. The number of amides is 1. The average molecular weight is 405 g/mol. The zero-order valence-electron chi connectivity index (χ0n) is 15.6. The number of carbonyl (C=O) groups is 1. The van der Waals surface area contributed by atoms with Gasteiger partial charge in [0, 0.05) is 36.5 Å². The molecular weight excluding hydrogens is 389 g/mol. The third-order valence-electron chi connectivity index (χ3n) is 4.40. The van der Waals surface area contributed by atoms with Gasteiger partial charge in [-0.2, -0.15) is 0 Å². The Balaban J connectivity index is 1.66. The molecule has 0 fully saturated rings. The van der Waals surface area contributed by atoms with E-state index in [-0.39, 0.29) is 17.7 Å². The molecular formula is C21H16FN5O3. The van der Waals surface area contributed by atoms with Crippen LogP contribution < -0.4 is 10.9 Å². The van der Waals surface area contributed by atoms with Crippen molar-refractivity contribution in [3.63, 3.8) is 0 Å². The molecule has 8 nitrogen and oxygen atoms in total. The van der Waals surface area contributed by atoms with Crippen LogP contribution in [-0.2, 0) is 6.42 Å². The standard InChI is InChI=1S/C21H16FN5O3/c22-15-3-1-13(2-4-15)17(26-21(29)18-7-10-24-30-18)11-16-12-19(28)27-20(25-16)14-5-8-23-9-6-14/h1-10,12,17H,11H2,(H,26,29)(H,25,27,28)/t17-/m0/s1. The Morgan fingerprint density at radius 1 is 1.10 bits per heavy atom. The van der Waals surface area contributed by atoms with Gasteiger partial charge in [0.2, 0.25) is 5.76 Å². The van der Waals surface area contributed by atoms with Crippen molar-refractivity contribution >= 4 is 5.91 Å². The van der Waals surface area contributed by atoms with Gasteiger partial charge in [0.1, 0.15) is 11.6 Å². The summed E-state index contributed by atoms with van der Waals surface area (Å²) in [6.07, 6.45) is 4.76. The molecule has 1 amide bonds. The summed E-state index contributed by atoms with van der Waals surface area (Å²) in [7, 11) is 0. The maximum absolute atomic E-state index is 13.4. The number of pyridine rings is 1. The summed E-state index contributed by atoms with van der Waals surface area (Å²) in [6.45, 7) is 0. The van der Waals surface area contributed by atoms with Crippen molar-refractivity contribution in [2.45, 2.75) is 12.5 Å². The summed E-state index contributed by atoms with van der Waals surface area (Å²) >= 11 is 0. The lowest BCUT2D eigenvalue weighted by Gasteiger charge is -2.18. The third kappa shape index (κ3) is 4.46. The van der Waals surface area contributed by atoms with E-state index in [4.69, 9.17) is 4.52 Å². The molecule has 4 rings (SSSR count). The fourth-order valence-electron chi connectivity index (χ4n) is 2.98. The van der Waals surface area contributed by atoms with E-state index in [1.807, 2.05) is 0 Å². The predicted molar refractivity (Wildman–Crippen MR) is 105 cm³/mol. The third-order valence-corrected chi connectivity index (χ3v) is 4.40. The number of halogens is 1. The molecule has 0 aliphatic heterocycles. The van der Waals surface area contributed by atoms with Crippen molar-refractivity contribution in [1.82, 2.24) is 25.4 Å². The van der Waals surface area contributed by atoms with E-state index < -0.39 is 17.8 Å². The molecule has 0 radical (unpaired) electrons. The molecule has 0 saturated carbocycles. The molecule has 1 atom stereocenters. The number of rotatable bonds is 6. The van der Waals surface area contributed by atoms with Crippen LogP contribution in [0.25, 0.3) is 11.4 Å². The fraction of sp³-hybridized carbons (Fsp3) is 0.0952. The van der Waals surface area contributed by atoms with E-state index in [9.17, 15) is 14.0 Å². The molecule has 4 aromatic rings. The number of nitrogens with zero attached hydrogens (tertiary/aromatic N) is 3. The van der Waals surface area contributed by atoms with Gasteiger partial charge in [0.05, 0.1) is 17.9 Å². The minimum absolute atomic E-state index is 0.0402. The van der Waals surface area contributed by atoms with Crippen molar-refractivity contribution in [2.75, 3.05) is 0 Å². The van der Waals surface area contributed by atoms with Crippen molar-refractivity contribution < 1.29 is 13.7 Å². The molecule has 0 bridgehead atoms. The smallest absolute Gasteiger partial charge is 0.290 e. The van der Waals surface area contributed by atoms with Gasteiger partial charge < -0.3 is 14.8 Å². The summed E-state index contributed by atoms with van der Waals surface area (Å²) in [5.41, 5.74) is 1.48. The molecule has 0 spiro atoms. The Hall–Kier alpha value is -4.14. The van der Waals surface area contributed by atoms with Crippen molar-refractivity contribution in [2.24, 2.45) is 0 Å². The summed E-state index contributed by atoms with van der Waals surface area (Å²) in [4.78, 5) is 35.8. The highest BCUT2D eigenvalue weighted by atomic mass is 19.1. The zero-order chi connectivity index (χ0) is 20.9. The van der Waals surface area contributed by atoms with E-state index in [1.54, 1.807) is 36.7 Å². The Morgan fingerprint density at radius 2 is 1.87 bits per heavy atom. The van der Waals surface area contributed by atoms with Crippen LogP contribution in [-0.4, -0.2) is 26.0 Å². The maximum atomic E-state index is 13.4. The van der Waals surface area contributed by atoms with Crippen LogP contribution in [0.5, 0.6) is 0 Å². The van der Waals surface area contributed by atoms with Gasteiger partial charge in [-0.3, -0.25) is 14.6 Å². The Kier molecular flexibility index (Phi) is 5.42. The Morgan fingerprint density at radius 3 is 2.57 bits per heavy atom. The van der Waals surface area contributed by atoms with E-state index in [0.29, 0.717) is 22.6 Å². The first-order valence-corrected chi connectivity index (χ1v) is 9.06. The Bertz CT molecular complexity index is 1190. The molecule has 30 heavy (non-hydrogen) atoms. The number of aromatic amines is 1. The lowest BCUT2D eigenvalue weighted by molar-refractivity contribution is 0.0899. The van der Waals surface area contributed by atoms with E-state index in [2.05, 4.69) is 25.4 Å². The van der Waals surface area contributed by atoms with Crippen molar-refractivity contribution in [3.8, 4) is 11.4 Å². The minimum Gasteiger partial charge on any atom is -0.351 e. The number of carbonyl (C=O) groups excluding carboxylic acids is 1. The monoisotopic (exact) mass is 405 g/mol. The van der Waals surface area contributed by atoms with Crippen LogP contribution in [0.15, 0.2) is 76.4 Å². The SMILES string of the molecule is O=C(N[C@@H](Cc1cc(=O)[nH]c(-c2ccncc2)n1)c1ccc(F)cc1)c1ccno1. The van der Waals surface area contributed by atoms with E-state index in [0.717, 1.165) is 0 Å². The first kappa shape index (κ1) is 19.2. The molecule has 3 aromatic heterocycles. The number of hydrogen-bond acceptors (Lipinski definition) is 6. The molecule has 0 aliphatic rings. The predicted octanol–water partition coefficient (Wildman–Crippen LogP) is 2.67. The molecule has 0 saturated heterocycles. The van der Waals surface area contributed by atoms with Gasteiger partial charge in [0.15, 0.2) is 0 Å². The van der Waals surface area contributed by atoms with Gasteiger partial charge in [-0.15, -0.1) is 0 Å². The second-order valence-electron chi connectivity index (χ2n) is 6.48. The average Bonchev–Trinajstić information content (AvgIpc) is 3.29. The first-order valence-electron chi connectivity index (χ1n) is 9.06. The number of benzene rings is 1. The van der Waals surface area contributed by atoms with E-state index in [1.165, 1.54) is 30.5 Å². The fourth-order valence-corrected chi connectivity index (χ4v) is 2.98. The van der Waals surface area contributed by atoms with Crippen LogP contribution in [0.1, 0.15) is 27.9 Å². The zero-order valence-corrected chi connectivity index (χ0v) is 15.6. The van der Waals surface area contributed by atoms with Crippen LogP contribution in [0, 0.1) is 5.82 Å². The summed E-state index contributed by atoms with van der Waals surface area (Å²) in [5, 5.41) is 6.35. The topological polar surface area (TPSA) is 114 Å². The maximum Gasteiger partial charge on any atom is 0.290 e. The number of nitrogens with one attached hydrogen (secondary N) is 2. The minimum atomic E-state index is -0.581. The number of H-pyrrole nitrogens is 1. The highest BCUT2D eigenvalue weighted by Gasteiger charge is 2.20.